The van der Waals surface area contributed by atoms with Crippen molar-refractivity contribution in [2.24, 2.45) is 0 Å². The zero-order chi connectivity index (χ0) is 21.1. The highest BCUT2D eigenvalue weighted by Crippen LogP contribution is 2.33. The second kappa shape index (κ2) is 8.64. The summed E-state index contributed by atoms with van der Waals surface area (Å²) in [4.78, 5) is 29.6. The topological polar surface area (TPSA) is 78.0 Å². The van der Waals surface area contributed by atoms with Crippen LogP contribution in [0.15, 0.2) is 82.6 Å². The first-order valence-corrected chi connectivity index (χ1v) is 11.0. The number of thioether (sulfide) groups is 1. The van der Waals surface area contributed by atoms with Crippen molar-refractivity contribution in [3.8, 4) is 11.1 Å². The average Bonchev–Trinajstić information content (AvgIpc) is 3.19. The highest BCUT2D eigenvalue weighted by Gasteiger charge is 2.18. The molecule has 0 radical (unpaired) electrons. The van der Waals surface area contributed by atoms with Crippen LogP contribution in [0.25, 0.3) is 21.3 Å². The fourth-order valence-electron chi connectivity index (χ4n) is 3.19. The van der Waals surface area contributed by atoms with E-state index in [0.717, 1.165) is 11.1 Å². The summed E-state index contributed by atoms with van der Waals surface area (Å²) < 4.78 is 1.58. The van der Waals surface area contributed by atoms with Gasteiger partial charge in [0.1, 0.15) is 4.83 Å². The predicted molar refractivity (Wildman–Crippen MR) is 122 cm³/mol. The summed E-state index contributed by atoms with van der Waals surface area (Å²) in [6.07, 6.45) is 1.65. The van der Waals surface area contributed by atoms with E-state index in [1.807, 2.05) is 35.7 Å². The Balaban J connectivity index is 1.78. The molecule has 0 aliphatic rings. The predicted octanol–water partition coefficient (Wildman–Crippen LogP) is 5.51. The summed E-state index contributed by atoms with van der Waals surface area (Å²) in [5.74, 6) is 0.336. The smallest absolute Gasteiger partial charge is 0.273 e. The van der Waals surface area contributed by atoms with Gasteiger partial charge in [0.15, 0.2) is 5.16 Å². The van der Waals surface area contributed by atoms with Crippen molar-refractivity contribution < 1.29 is 4.92 Å². The van der Waals surface area contributed by atoms with E-state index >= 15 is 0 Å². The highest BCUT2D eigenvalue weighted by atomic mass is 32.2. The maximum absolute atomic E-state index is 13.3. The normalized spacial score (nSPS) is 10.9. The Morgan fingerprint density at radius 3 is 2.63 bits per heavy atom. The molecule has 2 heterocycles. The van der Waals surface area contributed by atoms with Gasteiger partial charge in [0, 0.05) is 34.9 Å². The minimum atomic E-state index is -0.394. The van der Waals surface area contributed by atoms with Crippen LogP contribution in [0.3, 0.4) is 0 Å². The highest BCUT2D eigenvalue weighted by molar-refractivity contribution is 7.98. The molecule has 0 aliphatic carbocycles. The molecule has 0 saturated carbocycles. The van der Waals surface area contributed by atoms with E-state index in [9.17, 15) is 14.9 Å². The van der Waals surface area contributed by atoms with Crippen LogP contribution >= 0.6 is 23.1 Å². The molecule has 0 spiro atoms. The Hall–Kier alpha value is -3.23. The minimum Gasteiger partial charge on any atom is -0.283 e. The first-order valence-electron chi connectivity index (χ1n) is 9.13. The first kappa shape index (κ1) is 20.1. The van der Waals surface area contributed by atoms with E-state index in [1.54, 1.807) is 28.8 Å². The van der Waals surface area contributed by atoms with E-state index in [1.165, 1.54) is 29.2 Å². The van der Waals surface area contributed by atoms with Crippen LogP contribution < -0.4 is 5.56 Å². The number of nitro benzene ring substituents is 1. The third-order valence-corrected chi connectivity index (χ3v) is 6.50. The number of rotatable bonds is 7. The number of thiophene rings is 1. The molecule has 2 aromatic carbocycles. The number of allylic oxidation sites excluding steroid dienone is 1. The number of hydrogen-bond acceptors (Lipinski definition) is 6. The van der Waals surface area contributed by atoms with Crippen molar-refractivity contribution in [3.63, 3.8) is 0 Å². The summed E-state index contributed by atoms with van der Waals surface area (Å²) in [6, 6.07) is 16.3. The van der Waals surface area contributed by atoms with Gasteiger partial charge in [-0.1, -0.05) is 66.4 Å². The van der Waals surface area contributed by atoms with Crippen LogP contribution in [0.4, 0.5) is 5.69 Å². The summed E-state index contributed by atoms with van der Waals surface area (Å²) in [7, 11) is 0. The monoisotopic (exact) mass is 435 g/mol. The van der Waals surface area contributed by atoms with Gasteiger partial charge in [0.05, 0.1) is 10.3 Å². The molecule has 8 heteroatoms. The minimum absolute atomic E-state index is 0.0613. The molecule has 6 nitrogen and oxygen atoms in total. The van der Waals surface area contributed by atoms with Gasteiger partial charge in [0.2, 0.25) is 0 Å². The van der Waals surface area contributed by atoms with E-state index in [0.29, 0.717) is 33.2 Å². The molecular weight excluding hydrogens is 418 g/mol. The van der Waals surface area contributed by atoms with Gasteiger partial charge in [-0.25, -0.2) is 4.98 Å². The third-order valence-electron chi connectivity index (χ3n) is 4.60. The maximum Gasteiger partial charge on any atom is 0.273 e. The molecule has 0 amide bonds. The molecule has 2 aromatic heterocycles. The lowest BCUT2D eigenvalue weighted by atomic mass is 10.1. The standard InChI is InChI=1S/C22H17N3O3S2/c1-2-12-24-21(26)19-17(15-8-4-3-5-9-15)14-29-20(19)23-22(24)30-13-16-10-6-7-11-18(16)25(27)28/h2-11,14H,1,12-13H2. The second-order valence-electron chi connectivity index (χ2n) is 6.47. The number of hydrogen-bond donors (Lipinski definition) is 0. The largest absolute Gasteiger partial charge is 0.283 e. The van der Waals surface area contributed by atoms with Gasteiger partial charge in [-0.15, -0.1) is 17.9 Å². The summed E-state index contributed by atoms with van der Waals surface area (Å²) in [5.41, 5.74) is 2.34. The Kier molecular flexibility index (Phi) is 5.78. The van der Waals surface area contributed by atoms with Gasteiger partial charge in [0.25, 0.3) is 11.2 Å². The molecule has 0 bridgehead atoms. The fraction of sp³-hybridized carbons (Fsp3) is 0.0909. The Labute approximate surface area is 180 Å². The lowest BCUT2D eigenvalue weighted by Crippen LogP contribution is -2.22. The lowest BCUT2D eigenvalue weighted by Gasteiger charge is -2.11. The van der Waals surface area contributed by atoms with Crippen molar-refractivity contribution in [2.45, 2.75) is 17.5 Å². The molecule has 0 aliphatic heterocycles. The molecule has 150 valence electrons. The van der Waals surface area contributed by atoms with Crippen LogP contribution in [0.1, 0.15) is 5.56 Å². The quantitative estimate of drug-likeness (QED) is 0.126. The van der Waals surface area contributed by atoms with Crippen molar-refractivity contribution in [1.29, 1.82) is 0 Å². The lowest BCUT2D eigenvalue weighted by molar-refractivity contribution is -0.385. The van der Waals surface area contributed by atoms with E-state index < -0.39 is 4.92 Å². The van der Waals surface area contributed by atoms with Crippen molar-refractivity contribution in [3.05, 3.63) is 98.7 Å². The zero-order valence-electron chi connectivity index (χ0n) is 15.9. The van der Waals surface area contributed by atoms with Gasteiger partial charge < -0.3 is 0 Å². The summed E-state index contributed by atoms with van der Waals surface area (Å²) in [6.45, 7) is 4.07. The Morgan fingerprint density at radius 1 is 1.17 bits per heavy atom. The molecule has 0 atom stereocenters. The average molecular weight is 436 g/mol. The molecular formula is C22H17N3O3S2. The number of nitro groups is 1. The number of aromatic nitrogens is 2. The number of nitrogens with zero attached hydrogens (tertiary/aromatic N) is 3. The zero-order valence-corrected chi connectivity index (χ0v) is 17.5. The van der Waals surface area contributed by atoms with Crippen molar-refractivity contribution >= 4 is 39.0 Å². The van der Waals surface area contributed by atoms with E-state index in [4.69, 9.17) is 4.98 Å². The van der Waals surface area contributed by atoms with E-state index in [2.05, 4.69) is 6.58 Å². The SMILES string of the molecule is C=CCn1c(SCc2ccccc2[N+](=O)[O-])nc2scc(-c3ccccc3)c2c1=O. The molecule has 4 aromatic rings. The first-order chi connectivity index (χ1) is 14.6. The summed E-state index contributed by atoms with van der Waals surface area (Å²) in [5, 5.41) is 14.3. The molecule has 4 rings (SSSR count). The molecule has 0 unspecified atom stereocenters. The van der Waals surface area contributed by atoms with Crippen LogP contribution in [0, 0.1) is 10.1 Å². The van der Waals surface area contributed by atoms with Gasteiger partial charge in [-0.2, -0.15) is 0 Å². The number of fused-ring (bicyclic) bond motifs is 1. The third kappa shape index (κ3) is 3.79. The van der Waals surface area contributed by atoms with Crippen LogP contribution in [0.5, 0.6) is 0 Å². The van der Waals surface area contributed by atoms with E-state index in [-0.39, 0.29) is 11.2 Å². The van der Waals surface area contributed by atoms with Gasteiger partial charge >= 0.3 is 0 Å². The second-order valence-corrected chi connectivity index (χ2v) is 8.27. The number of benzene rings is 2. The molecule has 0 fully saturated rings. The maximum atomic E-state index is 13.3. The fourth-order valence-corrected chi connectivity index (χ4v) is 5.18. The molecule has 30 heavy (non-hydrogen) atoms. The van der Waals surface area contributed by atoms with Gasteiger partial charge in [-0.3, -0.25) is 19.5 Å². The van der Waals surface area contributed by atoms with Crippen LogP contribution in [0.2, 0.25) is 0 Å². The van der Waals surface area contributed by atoms with Crippen LogP contribution in [-0.2, 0) is 12.3 Å². The van der Waals surface area contributed by atoms with Gasteiger partial charge in [-0.05, 0) is 5.56 Å². The molecule has 0 saturated heterocycles. The van der Waals surface area contributed by atoms with Crippen molar-refractivity contribution in [1.82, 2.24) is 9.55 Å². The Bertz CT molecular complexity index is 1300. The Morgan fingerprint density at radius 2 is 1.90 bits per heavy atom. The van der Waals surface area contributed by atoms with Crippen LogP contribution in [-0.4, -0.2) is 14.5 Å². The van der Waals surface area contributed by atoms with Crippen molar-refractivity contribution in [2.75, 3.05) is 0 Å². The molecule has 0 N–H and O–H groups in total. The number of para-hydroxylation sites is 1. The summed E-state index contributed by atoms with van der Waals surface area (Å²) >= 11 is 2.73.